The number of hydrogen-bond acceptors (Lipinski definition) is 5. The Morgan fingerprint density at radius 3 is 2.87 bits per heavy atom. The molecule has 118 valence electrons. The molecule has 0 atom stereocenters. The third kappa shape index (κ3) is 3.28. The molecular formula is C16H17N5O2. The maximum absolute atomic E-state index is 12.0. The van der Waals surface area contributed by atoms with Crippen LogP contribution in [0.4, 0.5) is 0 Å². The predicted molar refractivity (Wildman–Crippen MR) is 83.7 cm³/mol. The standard InChI is InChI=1S/C16H17N5O2/c1-3-23-16(22)14-8-15(12-9-18-20(2)10-12)21(19-14)11-13-6-4-5-7-17-13/h4-10H,3,11H2,1-2H3. The molecular weight excluding hydrogens is 294 g/mol. The molecule has 7 heteroatoms. The van der Waals surface area contributed by atoms with Gasteiger partial charge in [-0.3, -0.25) is 14.3 Å². The van der Waals surface area contributed by atoms with Crippen LogP contribution in [0.5, 0.6) is 0 Å². The molecule has 3 heterocycles. The zero-order valence-electron chi connectivity index (χ0n) is 13.0. The minimum atomic E-state index is -0.433. The van der Waals surface area contributed by atoms with E-state index < -0.39 is 5.97 Å². The van der Waals surface area contributed by atoms with Gasteiger partial charge in [0, 0.05) is 25.0 Å². The second-order valence-electron chi connectivity index (χ2n) is 5.02. The Kier molecular flexibility index (Phi) is 4.18. The number of carbonyl (C=O) groups excluding carboxylic acids is 1. The summed E-state index contributed by atoms with van der Waals surface area (Å²) in [5.74, 6) is -0.433. The van der Waals surface area contributed by atoms with Crippen molar-refractivity contribution in [2.45, 2.75) is 13.5 Å². The van der Waals surface area contributed by atoms with Gasteiger partial charge in [0.2, 0.25) is 0 Å². The van der Waals surface area contributed by atoms with Gasteiger partial charge < -0.3 is 4.74 Å². The molecule has 0 aliphatic carbocycles. The van der Waals surface area contributed by atoms with Gasteiger partial charge in [-0.2, -0.15) is 10.2 Å². The predicted octanol–water partition coefficient (Wildman–Crippen LogP) is 1.90. The van der Waals surface area contributed by atoms with E-state index in [2.05, 4.69) is 15.2 Å². The summed E-state index contributed by atoms with van der Waals surface area (Å²) in [5, 5.41) is 8.55. The number of nitrogens with zero attached hydrogens (tertiary/aromatic N) is 5. The lowest BCUT2D eigenvalue weighted by molar-refractivity contribution is 0.0518. The Hall–Kier alpha value is -2.96. The maximum atomic E-state index is 12.0. The van der Waals surface area contributed by atoms with Gasteiger partial charge in [0.05, 0.1) is 30.7 Å². The molecule has 0 saturated heterocycles. The molecule has 0 spiro atoms. The van der Waals surface area contributed by atoms with Crippen LogP contribution in [0.3, 0.4) is 0 Å². The van der Waals surface area contributed by atoms with E-state index in [4.69, 9.17) is 4.74 Å². The Morgan fingerprint density at radius 1 is 1.35 bits per heavy atom. The SMILES string of the molecule is CCOC(=O)c1cc(-c2cnn(C)c2)n(Cc2ccccn2)n1. The molecule has 7 nitrogen and oxygen atoms in total. The molecule has 0 fully saturated rings. The summed E-state index contributed by atoms with van der Waals surface area (Å²) < 4.78 is 8.48. The van der Waals surface area contributed by atoms with Gasteiger partial charge >= 0.3 is 5.97 Å². The first-order valence-corrected chi connectivity index (χ1v) is 7.31. The number of aromatic nitrogens is 5. The highest BCUT2D eigenvalue weighted by molar-refractivity contribution is 5.88. The van der Waals surface area contributed by atoms with Crippen molar-refractivity contribution in [3.05, 3.63) is 54.2 Å². The van der Waals surface area contributed by atoms with Crippen molar-refractivity contribution >= 4 is 5.97 Å². The topological polar surface area (TPSA) is 74.8 Å². The largest absolute Gasteiger partial charge is 0.461 e. The van der Waals surface area contributed by atoms with Gasteiger partial charge in [0.1, 0.15) is 0 Å². The molecule has 0 aliphatic heterocycles. The number of pyridine rings is 1. The fourth-order valence-electron chi connectivity index (χ4n) is 2.27. The van der Waals surface area contributed by atoms with E-state index in [0.29, 0.717) is 13.2 Å². The summed E-state index contributed by atoms with van der Waals surface area (Å²) in [4.78, 5) is 16.3. The summed E-state index contributed by atoms with van der Waals surface area (Å²) in [7, 11) is 1.84. The minimum absolute atomic E-state index is 0.279. The molecule has 23 heavy (non-hydrogen) atoms. The highest BCUT2D eigenvalue weighted by Crippen LogP contribution is 2.21. The number of rotatable bonds is 5. The van der Waals surface area contributed by atoms with Crippen LogP contribution in [-0.2, 0) is 18.3 Å². The van der Waals surface area contributed by atoms with Crippen molar-refractivity contribution in [3.63, 3.8) is 0 Å². The quantitative estimate of drug-likeness (QED) is 0.673. The van der Waals surface area contributed by atoms with Crippen molar-refractivity contribution in [1.82, 2.24) is 24.5 Å². The Labute approximate surface area is 133 Å². The third-order valence-corrected chi connectivity index (χ3v) is 3.30. The number of ether oxygens (including phenoxy) is 1. The first-order chi connectivity index (χ1) is 11.2. The molecule has 0 saturated carbocycles. The van der Waals surface area contributed by atoms with E-state index in [0.717, 1.165) is 17.0 Å². The van der Waals surface area contributed by atoms with Crippen LogP contribution in [0.15, 0.2) is 42.9 Å². The fourth-order valence-corrected chi connectivity index (χ4v) is 2.27. The molecule has 3 rings (SSSR count). The Balaban J connectivity index is 1.99. The molecule has 3 aromatic rings. The lowest BCUT2D eigenvalue weighted by atomic mass is 10.2. The van der Waals surface area contributed by atoms with E-state index in [-0.39, 0.29) is 5.69 Å². The summed E-state index contributed by atoms with van der Waals surface area (Å²) >= 11 is 0. The monoisotopic (exact) mass is 311 g/mol. The van der Waals surface area contributed by atoms with Crippen LogP contribution in [0.1, 0.15) is 23.1 Å². The molecule has 0 aromatic carbocycles. The van der Waals surface area contributed by atoms with Gasteiger partial charge in [0.15, 0.2) is 5.69 Å². The van der Waals surface area contributed by atoms with Crippen molar-refractivity contribution in [1.29, 1.82) is 0 Å². The number of esters is 1. The molecule has 0 bridgehead atoms. The summed E-state index contributed by atoms with van der Waals surface area (Å²) in [5.41, 5.74) is 2.82. The average molecular weight is 311 g/mol. The van der Waals surface area contributed by atoms with Crippen LogP contribution in [0.2, 0.25) is 0 Å². The van der Waals surface area contributed by atoms with Crippen LogP contribution in [0, 0.1) is 0 Å². The summed E-state index contributed by atoms with van der Waals surface area (Å²) in [6, 6.07) is 7.41. The highest BCUT2D eigenvalue weighted by atomic mass is 16.5. The van der Waals surface area contributed by atoms with Crippen LogP contribution in [0.25, 0.3) is 11.3 Å². The minimum Gasteiger partial charge on any atom is -0.461 e. The molecule has 0 aliphatic rings. The van der Waals surface area contributed by atoms with Gasteiger partial charge in [-0.25, -0.2) is 4.79 Å². The first kappa shape index (κ1) is 15.0. The molecule has 3 aromatic heterocycles. The van der Waals surface area contributed by atoms with Crippen LogP contribution < -0.4 is 0 Å². The van der Waals surface area contributed by atoms with Crippen molar-refractivity contribution in [3.8, 4) is 11.3 Å². The second kappa shape index (κ2) is 6.43. The first-order valence-electron chi connectivity index (χ1n) is 7.31. The van der Waals surface area contributed by atoms with E-state index in [1.165, 1.54) is 0 Å². The van der Waals surface area contributed by atoms with Crippen LogP contribution in [-0.4, -0.2) is 37.1 Å². The van der Waals surface area contributed by atoms with Gasteiger partial charge in [0.25, 0.3) is 0 Å². The molecule has 0 N–H and O–H groups in total. The van der Waals surface area contributed by atoms with Gasteiger partial charge in [-0.15, -0.1) is 0 Å². The smallest absolute Gasteiger partial charge is 0.358 e. The van der Waals surface area contributed by atoms with Crippen molar-refractivity contribution < 1.29 is 9.53 Å². The summed E-state index contributed by atoms with van der Waals surface area (Å²) in [6.45, 7) is 2.55. The molecule has 0 unspecified atom stereocenters. The highest BCUT2D eigenvalue weighted by Gasteiger charge is 2.17. The average Bonchev–Trinajstić information content (AvgIpc) is 3.15. The normalized spacial score (nSPS) is 10.7. The van der Waals surface area contributed by atoms with E-state index in [1.807, 2.05) is 31.4 Å². The fraction of sp³-hybridized carbons (Fsp3) is 0.250. The Bertz CT molecular complexity index is 807. The molecule has 0 radical (unpaired) electrons. The van der Waals surface area contributed by atoms with Crippen LogP contribution >= 0.6 is 0 Å². The van der Waals surface area contributed by atoms with E-state index in [9.17, 15) is 4.79 Å². The Morgan fingerprint density at radius 2 is 2.22 bits per heavy atom. The van der Waals surface area contributed by atoms with Gasteiger partial charge in [-0.1, -0.05) is 6.07 Å². The number of aryl methyl sites for hydroxylation is 1. The maximum Gasteiger partial charge on any atom is 0.358 e. The van der Waals surface area contributed by atoms with Crippen molar-refractivity contribution in [2.24, 2.45) is 7.05 Å². The second-order valence-corrected chi connectivity index (χ2v) is 5.02. The molecule has 0 amide bonds. The number of hydrogen-bond donors (Lipinski definition) is 0. The lowest BCUT2D eigenvalue weighted by Crippen LogP contribution is -2.09. The zero-order chi connectivity index (χ0) is 16.2. The number of carbonyl (C=O) groups is 1. The zero-order valence-corrected chi connectivity index (χ0v) is 13.0. The van der Waals surface area contributed by atoms with Crippen molar-refractivity contribution in [2.75, 3.05) is 6.61 Å². The van der Waals surface area contributed by atoms with Gasteiger partial charge in [-0.05, 0) is 25.1 Å². The van der Waals surface area contributed by atoms with E-state index in [1.54, 1.807) is 34.7 Å². The van der Waals surface area contributed by atoms with E-state index >= 15 is 0 Å². The summed E-state index contributed by atoms with van der Waals surface area (Å²) in [6.07, 6.45) is 5.34. The lowest BCUT2D eigenvalue weighted by Gasteiger charge is -2.05. The third-order valence-electron chi connectivity index (χ3n) is 3.30.